The lowest BCUT2D eigenvalue weighted by atomic mass is 9.85. The van der Waals surface area contributed by atoms with Crippen LogP contribution in [-0.2, 0) is 19.0 Å². The third-order valence-electron chi connectivity index (χ3n) is 3.18. The predicted molar refractivity (Wildman–Crippen MR) is 62.7 cm³/mol. The molecule has 1 rings (SSSR count). The topological polar surface area (TPSA) is 68.6 Å². The fourth-order valence-electron chi connectivity index (χ4n) is 2.09. The number of carbonyl (C=O) groups is 1. The second kappa shape index (κ2) is 5.49. The first-order chi connectivity index (χ1) is 7.82. The molecule has 0 amide bonds. The SMILES string of the molecule is CC(=N)O[C@H]1OC(C)[C@@H](OC(C)=O)C(C)[C@H]1C. The second-order valence-electron chi connectivity index (χ2n) is 4.68. The molecule has 1 aliphatic heterocycles. The largest absolute Gasteiger partial charge is 0.460 e. The summed E-state index contributed by atoms with van der Waals surface area (Å²) in [4.78, 5) is 11.0. The van der Waals surface area contributed by atoms with Gasteiger partial charge in [-0.1, -0.05) is 13.8 Å². The molecule has 98 valence electrons. The summed E-state index contributed by atoms with van der Waals surface area (Å²) in [5.41, 5.74) is 0. The van der Waals surface area contributed by atoms with Crippen LogP contribution in [0.5, 0.6) is 0 Å². The third-order valence-corrected chi connectivity index (χ3v) is 3.18. The highest BCUT2D eigenvalue weighted by Gasteiger charge is 2.42. The zero-order valence-electron chi connectivity index (χ0n) is 11.0. The number of carbonyl (C=O) groups excluding carboxylic acids is 1. The van der Waals surface area contributed by atoms with Crippen LogP contribution >= 0.6 is 0 Å². The fraction of sp³-hybridized carbons (Fsp3) is 0.833. The van der Waals surface area contributed by atoms with Crippen LogP contribution in [0.1, 0.15) is 34.6 Å². The van der Waals surface area contributed by atoms with Crippen LogP contribution in [0.4, 0.5) is 0 Å². The number of hydrogen-bond donors (Lipinski definition) is 1. The van der Waals surface area contributed by atoms with Gasteiger partial charge in [0.05, 0.1) is 6.10 Å². The van der Waals surface area contributed by atoms with Crippen LogP contribution in [0, 0.1) is 17.2 Å². The first-order valence-corrected chi connectivity index (χ1v) is 5.87. The molecule has 2 unspecified atom stereocenters. The fourth-order valence-corrected chi connectivity index (χ4v) is 2.09. The van der Waals surface area contributed by atoms with E-state index in [1.54, 1.807) is 6.92 Å². The average molecular weight is 243 g/mol. The maximum Gasteiger partial charge on any atom is 0.303 e. The maximum atomic E-state index is 11.0. The molecule has 0 bridgehead atoms. The Balaban J connectivity index is 2.72. The van der Waals surface area contributed by atoms with Gasteiger partial charge >= 0.3 is 5.97 Å². The third kappa shape index (κ3) is 3.43. The Morgan fingerprint density at radius 1 is 1.12 bits per heavy atom. The summed E-state index contributed by atoms with van der Waals surface area (Å²) < 4.78 is 16.2. The highest BCUT2D eigenvalue weighted by atomic mass is 16.7. The van der Waals surface area contributed by atoms with Crippen molar-refractivity contribution in [1.82, 2.24) is 0 Å². The van der Waals surface area contributed by atoms with Crippen LogP contribution in [0.3, 0.4) is 0 Å². The van der Waals surface area contributed by atoms with Gasteiger partial charge in [0.25, 0.3) is 0 Å². The van der Waals surface area contributed by atoms with Crippen molar-refractivity contribution in [1.29, 1.82) is 5.41 Å². The van der Waals surface area contributed by atoms with Crippen molar-refractivity contribution >= 4 is 11.9 Å². The minimum Gasteiger partial charge on any atom is -0.460 e. The standard InChI is InChI=1S/C12H21NO4/c1-6-7(2)12(16-9(4)13)15-8(3)11(6)17-10(5)14/h6-8,11-13H,1-5H3/t6?,7-,8?,11+,12-/m1/s1. The van der Waals surface area contributed by atoms with Crippen LogP contribution in [-0.4, -0.2) is 30.4 Å². The summed E-state index contributed by atoms with van der Waals surface area (Å²) in [5.74, 6) is 0.0298. The Bertz CT molecular complexity index is 305. The molecule has 0 saturated carbocycles. The van der Waals surface area contributed by atoms with Crippen LogP contribution in [0.25, 0.3) is 0 Å². The van der Waals surface area contributed by atoms with Crippen molar-refractivity contribution in [3.8, 4) is 0 Å². The molecular formula is C12H21NO4. The van der Waals surface area contributed by atoms with Gasteiger partial charge in [-0.05, 0) is 6.92 Å². The van der Waals surface area contributed by atoms with Gasteiger partial charge in [-0.25, -0.2) is 0 Å². The molecule has 0 aliphatic carbocycles. The van der Waals surface area contributed by atoms with E-state index in [0.717, 1.165) is 0 Å². The molecule has 1 saturated heterocycles. The predicted octanol–water partition coefficient (Wildman–Crippen LogP) is 1.95. The highest BCUT2D eigenvalue weighted by molar-refractivity contribution is 5.69. The minimum absolute atomic E-state index is 0.0656. The van der Waals surface area contributed by atoms with E-state index >= 15 is 0 Å². The zero-order chi connectivity index (χ0) is 13.2. The van der Waals surface area contributed by atoms with Gasteiger partial charge in [0.1, 0.15) is 6.10 Å². The molecule has 0 aromatic heterocycles. The van der Waals surface area contributed by atoms with Crippen molar-refractivity contribution in [3.05, 3.63) is 0 Å². The molecule has 1 N–H and O–H groups in total. The van der Waals surface area contributed by atoms with Crippen LogP contribution in [0.2, 0.25) is 0 Å². The molecule has 0 aromatic carbocycles. The van der Waals surface area contributed by atoms with Gasteiger partial charge in [-0.15, -0.1) is 0 Å². The first kappa shape index (κ1) is 14.0. The van der Waals surface area contributed by atoms with Crippen molar-refractivity contribution < 1.29 is 19.0 Å². The van der Waals surface area contributed by atoms with Gasteiger partial charge in [-0.3, -0.25) is 10.2 Å². The van der Waals surface area contributed by atoms with E-state index in [1.165, 1.54) is 6.92 Å². The molecule has 0 aromatic rings. The molecule has 5 heteroatoms. The molecule has 17 heavy (non-hydrogen) atoms. The van der Waals surface area contributed by atoms with Crippen molar-refractivity contribution in [2.24, 2.45) is 11.8 Å². The van der Waals surface area contributed by atoms with Gasteiger partial charge in [0.2, 0.25) is 6.29 Å². The number of nitrogens with one attached hydrogen (secondary N) is 1. The summed E-state index contributed by atoms with van der Waals surface area (Å²) in [5, 5.41) is 7.33. The summed E-state index contributed by atoms with van der Waals surface area (Å²) >= 11 is 0. The lowest BCUT2D eigenvalue weighted by Crippen LogP contribution is -2.50. The smallest absolute Gasteiger partial charge is 0.303 e. The Morgan fingerprint density at radius 3 is 2.18 bits per heavy atom. The lowest BCUT2D eigenvalue weighted by molar-refractivity contribution is -0.239. The minimum atomic E-state index is -0.440. The molecule has 5 nitrogen and oxygen atoms in total. The maximum absolute atomic E-state index is 11.0. The van der Waals surface area contributed by atoms with E-state index in [9.17, 15) is 4.79 Å². The van der Waals surface area contributed by atoms with Gasteiger partial charge < -0.3 is 14.2 Å². The van der Waals surface area contributed by atoms with Crippen molar-refractivity contribution in [2.75, 3.05) is 0 Å². The lowest BCUT2D eigenvalue weighted by Gasteiger charge is -2.42. The van der Waals surface area contributed by atoms with Gasteiger partial charge in [0.15, 0.2) is 5.90 Å². The number of hydrogen-bond acceptors (Lipinski definition) is 5. The molecule has 0 radical (unpaired) electrons. The Morgan fingerprint density at radius 2 is 1.71 bits per heavy atom. The Labute approximate surface area is 102 Å². The van der Waals surface area contributed by atoms with E-state index in [0.29, 0.717) is 0 Å². The van der Waals surface area contributed by atoms with Crippen LogP contribution in [0.15, 0.2) is 0 Å². The van der Waals surface area contributed by atoms with Crippen molar-refractivity contribution in [3.63, 3.8) is 0 Å². The molecule has 5 atom stereocenters. The number of ether oxygens (including phenoxy) is 3. The summed E-state index contributed by atoms with van der Waals surface area (Å²) in [6.07, 6.45) is -0.924. The van der Waals surface area contributed by atoms with E-state index in [1.807, 2.05) is 20.8 Å². The summed E-state index contributed by atoms with van der Waals surface area (Å²) in [6.45, 7) is 8.80. The Hall–Kier alpha value is -1.10. The average Bonchev–Trinajstić information content (AvgIpc) is 2.20. The second-order valence-corrected chi connectivity index (χ2v) is 4.68. The van der Waals surface area contributed by atoms with Gasteiger partial charge in [-0.2, -0.15) is 0 Å². The molecular weight excluding hydrogens is 222 g/mol. The molecule has 1 aliphatic rings. The molecule has 1 fully saturated rings. The van der Waals surface area contributed by atoms with Gasteiger partial charge in [0, 0.05) is 25.7 Å². The van der Waals surface area contributed by atoms with E-state index in [4.69, 9.17) is 19.6 Å². The monoisotopic (exact) mass is 243 g/mol. The highest BCUT2D eigenvalue weighted by Crippen LogP contribution is 2.33. The van der Waals surface area contributed by atoms with Crippen molar-refractivity contribution in [2.45, 2.75) is 53.1 Å². The van der Waals surface area contributed by atoms with E-state index < -0.39 is 6.29 Å². The molecule has 1 heterocycles. The number of rotatable bonds is 2. The number of esters is 1. The summed E-state index contributed by atoms with van der Waals surface area (Å²) in [7, 11) is 0. The normalized spacial score (nSPS) is 37.4. The van der Waals surface area contributed by atoms with E-state index in [2.05, 4.69) is 0 Å². The first-order valence-electron chi connectivity index (χ1n) is 5.87. The zero-order valence-corrected chi connectivity index (χ0v) is 11.0. The summed E-state index contributed by atoms with van der Waals surface area (Å²) in [6, 6.07) is 0. The molecule has 0 spiro atoms. The Kier molecular flexibility index (Phi) is 4.51. The quantitative estimate of drug-likeness (QED) is 0.457. The van der Waals surface area contributed by atoms with E-state index in [-0.39, 0.29) is 35.9 Å². The van der Waals surface area contributed by atoms with Crippen LogP contribution < -0.4 is 0 Å².